The topological polar surface area (TPSA) is 35.6 Å². The molecule has 2 aliphatic rings. The van der Waals surface area contributed by atoms with Crippen LogP contribution < -0.4 is 0 Å². The Morgan fingerprint density at radius 3 is 1.31 bits per heavy atom. The molecule has 0 bridgehead atoms. The summed E-state index contributed by atoms with van der Waals surface area (Å²) in [6.45, 7) is 8.79. The summed E-state index contributed by atoms with van der Waals surface area (Å²) in [4.78, 5) is 9.36. The Hall–Kier alpha value is -6.78. The summed E-state index contributed by atoms with van der Waals surface area (Å²) in [5, 5.41) is 5.30. The minimum absolute atomic E-state index is 0.993. The summed E-state index contributed by atoms with van der Waals surface area (Å²) < 4.78 is 5.06. The predicted octanol–water partition coefficient (Wildman–Crippen LogP) is 13.1. The molecule has 0 spiro atoms. The van der Waals surface area contributed by atoms with Crippen LogP contribution in [0.25, 0.3) is 88.4 Å². The first kappa shape index (κ1) is 33.4. The Bertz CT molecular complexity index is 3170. The lowest BCUT2D eigenvalue weighted by molar-refractivity contribution is 0.882. The Morgan fingerprint density at radius 2 is 0.879 bits per heavy atom. The smallest absolute Gasteiger partial charge is 0.0674 e. The van der Waals surface area contributed by atoms with Gasteiger partial charge < -0.3 is 9.13 Å². The monoisotopic (exact) mass is 746 g/mol. The van der Waals surface area contributed by atoms with Crippen molar-refractivity contribution in [2.45, 2.75) is 53.4 Å². The van der Waals surface area contributed by atoms with E-state index in [2.05, 4.69) is 168 Å². The summed E-state index contributed by atoms with van der Waals surface area (Å²) in [7, 11) is 0. The number of pyridine rings is 2. The van der Waals surface area contributed by atoms with E-state index in [1.165, 1.54) is 122 Å². The highest BCUT2D eigenvalue weighted by molar-refractivity contribution is 6.17. The standard InChI is InChI=1S/C54H42N4/c1-31-7-5-9-35(23-31)37-13-17-47-43(25-37)45-27-39-11-16-42-52-40(12-15-41(51(39)52)53(45)57(47)49-29-55-21-19-33(49)3)28-46-44-26-38(36-10-6-8-32(2)24-36)14-18-48(44)58(54(42)46)50-30-56-22-20-34(50)4/h5-10,13-14,17-30H,11-12,15-16H2,1-4H3. The summed E-state index contributed by atoms with van der Waals surface area (Å²) in [6, 6.07) is 41.3. The summed E-state index contributed by atoms with van der Waals surface area (Å²) in [5.74, 6) is 0. The van der Waals surface area contributed by atoms with Gasteiger partial charge in [0.25, 0.3) is 0 Å². The van der Waals surface area contributed by atoms with Crippen molar-refractivity contribution in [3.05, 3.63) is 178 Å². The lowest BCUT2D eigenvalue weighted by Crippen LogP contribution is -2.16. The summed E-state index contributed by atoms with van der Waals surface area (Å²) in [5.41, 5.74) is 26.3. The largest absolute Gasteiger partial charge is 0.307 e. The maximum Gasteiger partial charge on any atom is 0.0674 e. The molecule has 0 amide bonds. The summed E-state index contributed by atoms with van der Waals surface area (Å²) >= 11 is 0. The number of aryl methyl sites for hydroxylation is 8. The van der Waals surface area contributed by atoms with Gasteiger partial charge in [0.05, 0.1) is 45.8 Å². The van der Waals surface area contributed by atoms with Crippen LogP contribution in [0.3, 0.4) is 0 Å². The van der Waals surface area contributed by atoms with Gasteiger partial charge in [-0.1, -0.05) is 71.8 Å². The average molecular weight is 747 g/mol. The summed E-state index contributed by atoms with van der Waals surface area (Å²) in [6.07, 6.45) is 11.9. The second kappa shape index (κ2) is 12.4. The fraction of sp³-hybridized carbons (Fsp3) is 0.148. The van der Waals surface area contributed by atoms with E-state index in [1.54, 1.807) is 0 Å². The van der Waals surface area contributed by atoms with Crippen LogP contribution >= 0.6 is 0 Å². The van der Waals surface area contributed by atoms with E-state index in [4.69, 9.17) is 0 Å². The minimum atomic E-state index is 0.993. The van der Waals surface area contributed by atoms with Gasteiger partial charge in [-0.2, -0.15) is 0 Å². The third-order valence-corrected chi connectivity index (χ3v) is 13.2. The van der Waals surface area contributed by atoms with E-state index < -0.39 is 0 Å². The van der Waals surface area contributed by atoms with Crippen LogP contribution in [-0.4, -0.2) is 19.1 Å². The second-order valence-electron chi connectivity index (χ2n) is 16.8. The molecule has 0 saturated carbocycles. The number of nitrogens with zero attached hydrogens (tertiary/aromatic N) is 4. The molecule has 0 saturated heterocycles. The lowest BCUT2D eigenvalue weighted by atomic mass is 9.74. The molecule has 0 aliphatic heterocycles. The molecule has 4 nitrogen and oxygen atoms in total. The highest BCUT2D eigenvalue weighted by Gasteiger charge is 2.33. The van der Waals surface area contributed by atoms with Crippen molar-refractivity contribution in [3.63, 3.8) is 0 Å². The van der Waals surface area contributed by atoms with E-state index in [9.17, 15) is 0 Å². The molecule has 278 valence electrons. The number of benzene rings is 6. The van der Waals surface area contributed by atoms with Crippen molar-refractivity contribution < 1.29 is 0 Å². The van der Waals surface area contributed by atoms with E-state index in [0.29, 0.717) is 0 Å². The molecule has 0 fully saturated rings. The number of hydrogen-bond acceptors (Lipinski definition) is 2. The molecule has 0 radical (unpaired) electrons. The van der Waals surface area contributed by atoms with Crippen molar-refractivity contribution in [3.8, 4) is 44.8 Å². The van der Waals surface area contributed by atoms with Gasteiger partial charge in [-0.05, 0) is 169 Å². The average Bonchev–Trinajstić information content (AvgIpc) is 3.74. The van der Waals surface area contributed by atoms with Crippen LogP contribution in [0, 0.1) is 27.7 Å². The fourth-order valence-electron chi connectivity index (χ4n) is 10.5. The van der Waals surface area contributed by atoms with Crippen molar-refractivity contribution >= 4 is 43.6 Å². The van der Waals surface area contributed by atoms with Crippen LogP contribution in [0.2, 0.25) is 0 Å². The molecule has 2 aliphatic carbocycles. The molecule has 12 rings (SSSR count). The van der Waals surface area contributed by atoms with Gasteiger partial charge in [0.1, 0.15) is 0 Å². The van der Waals surface area contributed by atoms with Crippen LogP contribution in [0.5, 0.6) is 0 Å². The second-order valence-corrected chi connectivity index (χ2v) is 16.8. The van der Waals surface area contributed by atoms with Gasteiger partial charge in [0.2, 0.25) is 0 Å². The Kier molecular flexibility index (Phi) is 7.11. The molecular weight excluding hydrogens is 705 g/mol. The first-order valence-corrected chi connectivity index (χ1v) is 20.6. The third kappa shape index (κ3) is 4.75. The SMILES string of the molecule is Cc1cccc(-c2ccc3c(c2)c2cc4c5c(c2n3-c2cnccc2C)CCc2cc3c6cc(-c7cccc(C)c7)ccc6n(-c6cnccc6C)c3c(c2-5)CC4)c1. The van der Waals surface area contributed by atoms with Crippen LogP contribution in [0.4, 0.5) is 0 Å². The van der Waals surface area contributed by atoms with E-state index in [0.717, 1.165) is 37.1 Å². The zero-order valence-electron chi connectivity index (χ0n) is 33.3. The van der Waals surface area contributed by atoms with Crippen LogP contribution in [0.15, 0.2) is 134 Å². The highest BCUT2D eigenvalue weighted by Crippen LogP contribution is 2.51. The van der Waals surface area contributed by atoms with E-state index in [1.807, 2.05) is 12.4 Å². The van der Waals surface area contributed by atoms with Gasteiger partial charge in [-0.15, -0.1) is 0 Å². The van der Waals surface area contributed by atoms with Crippen molar-refractivity contribution in [2.75, 3.05) is 0 Å². The van der Waals surface area contributed by atoms with E-state index in [-0.39, 0.29) is 0 Å². The zero-order chi connectivity index (χ0) is 38.8. The highest BCUT2D eigenvalue weighted by atomic mass is 15.0. The molecule has 6 aromatic carbocycles. The maximum atomic E-state index is 4.68. The van der Waals surface area contributed by atoms with Crippen molar-refractivity contribution in [2.24, 2.45) is 0 Å². The normalized spacial score (nSPS) is 13.2. The predicted molar refractivity (Wildman–Crippen MR) is 241 cm³/mol. The van der Waals surface area contributed by atoms with Crippen molar-refractivity contribution in [1.82, 2.24) is 19.1 Å². The Morgan fingerprint density at radius 1 is 0.431 bits per heavy atom. The zero-order valence-corrected chi connectivity index (χ0v) is 33.3. The van der Waals surface area contributed by atoms with Gasteiger partial charge in [0.15, 0.2) is 0 Å². The van der Waals surface area contributed by atoms with Gasteiger partial charge in [-0.25, -0.2) is 0 Å². The van der Waals surface area contributed by atoms with Crippen molar-refractivity contribution in [1.29, 1.82) is 0 Å². The molecule has 4 heteroatoms. The number of aromatic nitrogens is 4. The number of hydrogen-bond donors (Lipinski definition) is 0. The molecule has 4 heterocycles. The molecule has 0 unspecified atom stereocenters. The first-order valence-electron chi connectivity index (χ1n) is 20.6. The van der Waals surface area contributed by atoms with Gasteiger partial charge in [0, 0.05) is 33.9 Å². The van der Waals surface area contributed by atoms with Gasteiger partial charge in [-0.3, -0.25) is 9.97 Å². The molecular formula is C54H42N4. The Labute approximate surface area is 338 Å². The molecule has 58 heavy (non-hydrogen) atoms. The third-order valence-electron chi connectivity index (χ3n) is 13.2. The van der Waals surface area contributed by atoms with Crippen LogP contribution in [0.1, 0.15) is 44.5 Å². The maximum absolute atomic E-state index is 4.68. The number of rotatable bonds is 4. The fourth-order valence-corrected chi connectivity index (χ4v) is 10.5. The van der Waals surface area contributed by atoms with Crippen LogP contribution in [-0.2, 0) is 25.7 Å². The Balaban J connectivity index is 1.18. The molecule has 0 atom stereocenters. The van der Waals surface area contributed by atoms with E-state index >= 15 is 0 Å². The quantitative estimate of drug-likeness (QED) is 0.180. The molecule has 0 N–H and O–H groups in total. The lowest BCUT2D eigenvalue weighted by Gasteiger charge is -2.31. The number of fused-ring (bicyclic) bond motifs is 8. The van der Waals surface area contributed by atoms with Gasteiger partial charge >= 0.3 is 0 Å². The molecule has 4 aromatic heterocycles. The first-order chi connectivity index (χ1) is 28.4. The minimum Gasteiger partial charge on any atom is -0.307 e. The molecule has 10 aromatic rings.